The highest BCUT2D eigenvalue weighted by molar-refractivity contribution is 7.80. The van der Waals surface area contributed by atoms with Gasteiger partial charge in [0, 0.05) is 18.4 Å². The van der Waals surface area contributed by atoms with E-state index in [1.807, 2.05) is 0 Å². The van der Waals surface area contributed by atoms with Crippen molar-refractivity contribution in [3.63, 3.8) is 0 Å². The molecular weight excluding hydrogens is 234 g/mol. The first kappa shape index (κ1) is 11.9. The Labute approximate surface area is 97.9 Å². The van der Waals surface area contributed by atoms with Gasteiger partial charge in [0.05, 0.1) is 11.1 Å². The van der Waals surface area contributed by atoms with Crippen molar-refractivity contribution in [2.24, 2.45) is 0 Å². The lowest BCUT2D eigenvalue weighted by molar-refractivity contribution is 0.0696. The Morgan fingerprint density at radius 3 is 3.00 bits per heavy atom. The summed E-state index contributed by atoms with van der Waals surface area (Å²) < 4.78 is 0. The van der Waals surface area contributed by atoms with E-state index in [9.17, 15) is 4.79 Å². The predicted octanol–water partition coefficient (Wildman–Crippen LogP) is 2.10. The van der Waals surface area contributed by atoms with E-state index in [1.54, 1.807) is 0 Å². The molecular formula is C10H8ClNO2S. The Hall–Kier alpha value is -1.18. The fraction of sp³-hybridized carbons (Fsp3) is 0.200. The number of halogens is 1. The molecule has 0 aliphatic carbocycles. The molecule has 0 spiro atoms. The summed E-state index contributed by atoms with van der Waals surface area (Å²) in [5.41, 5.74) is 0.440. The van der Waals surface area contributed by atoms with Crippen LogP contribution in [0.1, 0.15) is 22.3 Å². The number of aromatic nitrogens is 1. The zero-order chi connectivity index (χ0) is 11.3. The molecule has 5 heteroatoms. The smallest absolute Gasteiger partial charge is 0.337 e. The zero-order valence-electron chi connectivity index (χ0n) is 7.70. The minimum atomic E-state index is -1.06. The van der Waals surface area contributed by atoms with Crippen LogP contribution in [0.15, 0.2) is 12.3 Å². The highest BCUT2D eigenvalue weighted by Crippen LogP contribution is 2.12. The maximum atomic E-state index is 10.8. The molecule has 1 heterocycles. The van der Waals surface area contributed by atoms with Gasteiger partial charge in [0.25, 0.3) is 0 Å². The van der Waals surface area contributed by atoms with Crippen LogP contribution in [0.3, 0.4) is 0 Å². The van der Waals surface area contributed by atoms with Gasteiger partial charge in [0.1, 0.15) is 5.15 Å². The molecule has 0 aliphatic heterocycles. The lowest BCUT2D eigenvalue weighted by Gasteiger charge is -1.98. The summed E-state index contributed by atoms with van der Waals surface area (Å²) in [7, 11) is 0. The molecule has 0 saturated carbocycles. The number of pyridine rings is 1. The summed E-state index contributed by atoms with van der Waals surface area (Å²) in [6, 6.07) is 1.29. The topological polar surface area (TPSA) is 50.2 Å². The molecule has 0 aromatic carbocycles. The number of thiol groups is 1. The molecule has 0 fully saturated rings. The number of carbonyl (C=O) groups is 1. The molecule has 1 aromatic heterocycles. The van der Waals surface area contributed by atoms with E-state index in [1.165, 1.54) is 12.3 Å². The number of aromatic carboxylic acids is 1. The summed E-state index contributed by atoms with van der Waals surface area (Å²) in [6.07, 6.45) is 1.96. The third kappa shape index (κ3) is 3.46. The normalized spacial score (nSPS) is 9.20. The first-order chi connectivity index (χ1) is 7.15. The van der Waals surface area contributed by atoms with Crippen LogP contribution in [0.2, 0.25) is 5.15 Å². The second-order valence-electron chi connectivity index (χ2n) is 2.63. The van der Waals surface area contributed by atoms with Crippen LogP contribution >= 0.6 is 24.2 Å². The van der Waals surface area contributed by atoms with Crippen LogP contribution in [0.4, 0.5) is 0 Å². The van der Waals surface area contributed by atoms with E-state index in [4.69, 9.17) is 16.7 Å². The van der Waals surface area contributed by atoms with Crippen LogP contribution in [0.25, 0.3) is 0 Å². The molecule has 3 nitrogen and oxygen atoms in total. The van der Waals surface area contributed by atoms with Gasteiger partial charge in [-0.3, -0.25) is 0 Å². The zero-order valence-corrected chi connectivity index (χ0v) is 9.35. The Morgan fingerprint density at radius 2 is 2.40 bits per heavy atom. The number of carboxylic acid groups (broad SMARTS) is 1. The third-order valence-corrected chi connectivity index (χ3v) is 1.99. The quantitative estimate of drug-likeness (QED) is 0.474. The highest BCUT2D eigenvalue weighted by atomic mass is 35.5. The van der Waals surface area contributed by atoms with Crippen LogP contribution in [0.5, 0.6) is 0 Å². The molecule has 0 amide bonds. The van der Waals surface area contributed by atoms with Crippen LogP contribution < -0.4 is 0 Å². The van der Waals surface area contributed by atoms with E-state index in [0.717, 1.165) is 0 Å². The number of hydrogen-bond donors (Lipinski definition) is 2. The molecule has 1 aromatic rings. The van der Waals surface area contributed by atoms with Gasteiger partial charge in [-0.2, -0.15) is 12.6 Å². The summed E-state index contributed by atoms with van der Waals surface area (Å²) >= 11 is 9.58. The maximum Gasteiger partial charge on any atom is 0.337 e. The van der Waals surface area contributed by atoms with Crippen molar-refractivity contribution >= 4 is 30.2 Å². The summed E-state index contributed by atoms with van der Waals surface area (Å²) in [6.45, 7) is 0. The van der Waals surface area contributed by atoms with Crippen molar-refractivity contribution < 1.29 is 9.90 Å². The molecule has 0 unspecified atom stereocenters. The Balaban J connectivity index is 3.08. The van der Waals surface area contributed by atoms with Gasteiger partial charge in [-0.1, -0.05) is 23.4 Å². The molecule has 1 N–H and O–H groups in total. The highest BCUT2D eigenvalue weighted by Gasteiger charge is 2.09. The molecule has 78 valence electrons. The number of hydrogen-bond acceptors (Lipinski definition) is 3. The molecule has 0 radical (unpaired) electrons. The second-order valence-corrected chi connectivity index (χ2v) is 3.47. The Bertz CT molecular complexity index is 437. The van der Waals surface area contributed by atoms with Gasteiger partial charge in [0.2, 0.25) is 0 Å². The SMILES string of the molecule is O=C(O)c1cc(Cl)ncc1C#CCCS. The first-order valence-corrected chi connectivity index (χ1v) is 5.14. The summed E-state index contributed by atoms with van der Waals surface area (Å²) in [4.78, 5) is 14.6. The van der Waals surface area contributed by atoms with E-state index in [-0.39, 0.29) is 10.7 Å². The van der Waals surface area contributed by atoms with Crippen molar-refractivity contribution in [3.8, 4) is 11.8 Å². The predicted molar refractivity (Wildman–Crippen MR) is 61.6 cm³/mol. The van der Waals surface area contributed by atoms with Crippen molar-refractivity contribution in [1.82, 2.24) is 4.98 Å². The fourth-order valence-electron chi connectivity index (χ4n) is 0.920. The van der Waals surface area contributed by atoms with Gasteiger partial charge in [-0.15, -0.1) is 0 Å². The molecule has 15 heavy (non-hydrogen) atoms. The lowest BCUT2D eigenvalue weighted by Crippen LogP contribution is -2.00. The largest absolute Gasteiger partial charge is 0.478 e. The maximum absolute atomic E-state index is 10.8. The number of nitrogens with zero attached hydrogens (tertiary/aromatic N) is 1. The van der Waals surface area contributed by atoms with Crippen LogP contribution in [-0.2, 0) is 0 Å². The monoisotopic (exact) mass is 241 g/mol. The summed E-state index contributed by atoms with van der Waals surface area (Å²) in [5, 5.41) is 9.02. The minimum Gasteiger partial charge on any atom is -0.478 e. The van der Waals surface area contributed by atoms with Gasteiger partial charge >= 0.3 is 5.97 Å². The van der Waals surface area contributed by atoms with E-state index in [2.05, 4.69) is 29.5 Å². The van der Waals surface area contributed by atoms with Gasteiger partial charge in [-0.25, -0.2) is 9.78 Å². The lowest BCUT2D eigenvalue weighted by atomic mass is 10.1. The van der Waals surface area contributed by atoms with Crippen molar-refractivity contribution in [2.75, 3.05) is 5.75 Å². The second kappa shape index (κ2) is 5.64. The minimum absolute atomic E-state index is 0.0710. The van der Waals surface area contributed by atoms with E-state index in [0.29, 0.717) is 17.7 Å². The van der Waals surface area contributed by atoms with Crippen molar-refractivity contribution in [3.05, 3.63) is 28.5 Å². The van der Waals surface area contributed by atoms with Crippen LogP contribution in [-0.4, -0.2) is 21.8 Å². The van der Waals surface area contributed by atoms with Crippen molar-refractivity contribution in [2.45, 2.75) is 6.42 Å². The Kier molecular flexibility index (Phi) is 4.47. The first-order valence-electron chi connectivity index (χ1n) is 4.13. The Morgan fingerprint density at radius 1 is 1.67 bits per heavy atom. The average molecular weight is 242 g/mol. The fourth-order valence-corrected chi connectivity index (χ4v) is 1.19. The van der Waals surface area contributed by atoms with Crippen LogP contribution in [0, 0.1) is 11.8 Å². The van der Waals surface area contributed by atoms with Crippen molar-refractivity contribution in [1.29, 1.82) is 0 Å². The molecule has 1 rings (SSSR count). The summed E-state index contributed by atoms with van der Waals surface area (Å²) in [5.74, 6) is 5.09. The van der Waals surface area contributed by atoms with Gasteiger partial charge in [-0.05, 0) is 6.07 Å². The molecule has 0 atom stereocenters. The molecule has 0 aliphatic rings. The average Bonchev–Trinajstić information content (AvgIpc) is 2.20. The number of rotatable bonds is 2. The third-order valence-electron chi connectivity index (χ3n) is 1.56. The van der Waals surface area contributed by atoms with E-state index >= 15 is 0 Å². The standard InChI is InChI=1S/C10H8ClNO2S/c11-9-5-8(10(13)14)7(6-12-9)3-1-2-4-15/h5-6,15H,2,4H2,(H,13,14). The molecule has 0 bridgehead atoms. The van der Waals surface area contributed by atoms with Gasteiger partial charge < -0.3 is 5.11 Å². The van der Waals surface area contributed by atoms with E-state index < -0.39 is 5.97 Å². The van der Waals surface area contributed by atoms with Gasteiger partial charge in [0.15, 0.2) is 0 Å². The number of carboxylic acids is 1. The molecule has 0 saturated heterocycles.